The minimum atomic E-state index is 0.277. The average molecular weight is 295 g/mol. The molecule has 0 saturated carbocycles. The van der Waals surface area contributed by atoms with Crippen molar-refractivity contribution in [3.8, 4) is 0 Å². The number of nitrogens with zero attached hydrogens (tertiary/aromatic N) is 4. The molecule has 0 atom stereocenters. The summed E-state index contributed by atoms with van der Waals surface area (Å²) in [6.45, 7) is 13.8. The Bertz CT molecular complexity index is 748. The number of aryl methyl sites for hydroxylation is 3. The van der Waals surface area contributed by atoms with Gasteiger partial charge >= 0.3 is 0 Å². The van der Waals surface area contributed by atoms with Gasteiger partial charge < -0.3 is 5.73 Å². The fourth-order valence-corrected chi connectivity index (χ4v) is 2.39. The van der Waals surface area contributed by atoms with E-state index >= 15 is 0 Å². The van der Waals surface area contributed by atoms with Gasteiger partial charge in [-0.05, 0) is 46.8 Å². The molecule has 22 heavy (non-hydrogen) atoms. The van der Waals surface area contributed by atoms with Crippen LogP contribution in [0, 0.1) is 20.8 Å². The maximum absolute atomic E-state index is 5.68. The zero-order valence-corrected chi connectivity index (χ0v) is 13.7. The molecule has 0 aliphatic heterocycles. The summed E-state index contributed by atoms with van der Waals surface area (Å²) in [7, 11) is 0. The molecule has 5 heteroatoms. The van der Waals surface area contributed by atoms with Gasteiger partial charge in [0.1, 0.15) is 0 Å². The highest BCUT2D eigenvalue weighted by Crippen LogP contribution is 2.27. The molecule has 2 rings (SSSR count). The predicted octanol–water partition coefficient (Wildman–Crippen LogP) is 3.55. The first kappa shape index (κ1) is 15.8. The zero-order chi connectivity index (χ0) is 16.4. The largest absolute Gasteiger partial charge is 0.368 e. The molecule has 2 aromatic heterocycles. The van der Waals surface area contributed by atoms with Crippen LogP contribution < -0.4 is 5.73 Å². The molecule has 2 heterocycles. The van der Waals surface area contributed by atoms with Crippen LogP contribution in [0.15, 0.2) is 23.7 Å². The van der Waals surface area contributed by atoms with Crippen LogP contribution in [0.5, 0.6) is 0 Å². The summed E-state index contributed by atoms with van der Waals surface area (Å²) in [4.78, 5) is 17.5. The van der Waals surface area contributed by atoms with E-state index in [1.54, 1.807) is 0 Å². The first-order valence-corrected chi connectivity index (χ1v) is 7.09. The standard InChI is InChI=1S/C17H21N5/c1-9(2)19-15-8-7-14(20-11(15)4)10(3)16-12(5)21-17(18)22-13(16)6/h7-8H,3H2,1-2,4-6H3,(H2,18,21,22). The van der Waals surface area contributed by atoms with E-state index in [4.69, 9.17) is 5.73 Å². The molecular weight excluding hydrogens is 274 g/mol. The van der Waals surface area contributed by atoms with Gasteiger partial charge in [0.15, 0.2) is 0 Å². The first-order valence-electron chi connectivity index (χ1n) is 7.09. The number of rotatable bonds is 3. The number of aliphatic imine (C=N–C) groups is 1. The molecule has 0 unspecified atom stereocenters. The van der Waals surface area contributed by atoms with E-state index in [1.807, 2.05) is 46.8 Å². The van der Waals surface area contributed by atoms with Gasteiger partial charge in [0.05, 0.1) is 28.5 Å². The van der Waals surface area contributed by atoms with Gasteiger partial charge in [0.25, 0.3) is 0 Å². The van der Waals surface area contributed by atoms with E-state index in [0.717, 1.165) is 45.3 Å². The Morgan fingerprint density at radius 3 is 2.09 bits per heavy atom. The van der Waals surface area contributed by atoms with Crippen molar-refractivity contribution in [2.24, 2.45) is 4.99 Å². The van der Waals surface area contributed by atoms with Crippen LogP contribution in [0.1, 0.15) is 42.2 Å². The summed E-state index contributed by atoms with van der Waals surface area (Å²) >= 11 is 0. The quantitative estimate of drug-likeness (QED) is 0.878. The second-order valence-corrected chi connectivity index (χ2v) is 5.47. The van der Waals surface area contributed by atoms with Crippen LogP contribution in [0.2, 0.25) is 0 Å². The van der Waals surface area contributed by atoms with Gasteiger partial charge in [-0.1, -0.05) is 6.58 Å². The van der Waals surface area contributed by atoms with Crippen molar-refractivity contribution in [1.29, 1.82) is 0 Å². The van der Waals surface area contributed by atoms with E-state index in [9.17, 15) is 0 Å². The molecule has 0 saturated heterocycles. The lowest BCUT2D eigenvalue weighted by molar-refractivity contribution is 1.05. The summed E-state index contributed by atoms with van der Waals surface area (Å²) in [5.74, 6) is 0.277. The third-order valence-corrected chi connectivity index (χ3v) is 3.30. The molecule has 0 aliphatic carbocycles. The number of hydrogen-bond acceptors (Lipinski definition) is 5. The van der Waals surface area contributed by atoms with E-state index in [0.29, 0.717) is 0 Å². The van der Waals surface area contributed by atoms with Gasteiger partial charge in [-0.15, -0.1) is 0 Å². The summed E-state index contributed by atoms with van der Waals surface area (Å²) in [5, 5.41) is 0. The minimum Gasteiger partial charge on any atom is -0.368 e. The molecule has 0 radical (unpaired) electrons. The number of hydrogen-bond donors (Lipinski definition) is 1. The van der Waals surface area contributed by atoms with Crippen LogP contribution in [-0.2, 0) is 0 Å². The fraction of sp³-hybridized carbons (Fsp3) is 0.294. The molecule has 0 bridgehead atoms. The van der Waals surface area contributed by atoms with Crippen molar-refractivity contribution in [3.63, 3.8) is 0 Å². The number of nitrogens with two attached hydrogens (primary N) is 1. The maximum Gasteiger partial charge on any atom is 0.220 e. The molecule has 0 spiro atoms. The topological polar surface area (TPSA) is 77.0 Å². The van der Waals surface area contributed by atoms with Crippen molar-refractivity contribution in [2.45, 2.75) is 34.6 Å². The molecular formula is C17H21N5. The Hall–Kier alpha value is -2.56. The highest BCUT2D eigenvalue weighted by Gasteiger charge is 2.14. The van der Waals surface area contributed by atoms with E-state index in [2.05, 4.69) is 26.5 Å². The van der Waals surface area contributed by atoms with Gasteiger partial charge in [-0.2, -0.15) is 0 Å². The van der Waals surface area contributed by atoms with Crippen molar-refractivity contribution in [1.82, 2.24) is 15.0 Å². The highest BCUT2D eigenvalue weighted by molar-refractivity contribution is 5.83. The number of pyridine rings is 1. The van der Waals surface area contributed by atoms with Crippen molar-refractivity contribution in [3.05, 3.63) is 47.1 Å². The van der Waals surface area contributed by atoms with E-state index in [-0.39, 0.29) is 5.95 Å². The van der Waals surface area contributed by atoms with Crippen LogP contribution in [0.3, 0.4) is 0 Å². The number of nitrogen functional groups attached to an aromatic ring is 1. The average Bonchev–Trinajstić information content (AvgIpc) is 2.39. The second kappa shape index (κ2) is 6.05. The number of anilines is 1. The van der Waals surface area contributed by atoms with Gasteiger partial charge in [-0.25, -0.2) is 9.97 Å². The third-order valence-electron chi connectivity index (χ3n) is 3.30. The second-order valence-electron chi connectivity index (χ2n) is 5.47. The Kier molecular flexibility index (Phi) is 4.35. The minimum absolute atomic E-state index is 0.277. The smallest absolute Gasteiger partial charge is 0.220 e. The van der Waals surface area contributed by atoms with Crippen LogP contribution in [0.25, 0.3) is 5.57 Å². The molecule has 0 aromatic carbocycles. The maximum atomic E-state index is 5.68. The summed E-state index contributed by atoms with van der Waals surface area (Å²) < 4.78 is 0. The molecule has 5 nitrogen and oxygen atoms in total. The molecule has 114 valence electrons. The predicted molar refractivity (Wildman–Crippen MR) is 91.5 cm³/mol. The molecule has 0 aliphatic rings. The zero-order valence-electron chi connectivity index (χ0n) is 13.7. The van der Waals surface area contributed by atoms with Crippen LogP contribution >= 0.6 is 0 Å². The van der Waals surface area contributed by atoms with Crippen LogP contribution in [-0.4, -0.2) is 20.7 Å². The molecule has 2 aromatic rings. The monoisotopic (exact) mass is 295 g/mol. The van der Waals surface area contributed by atoms with E-state index in [1.165, 1.54) is 0 Å². The van der Waals surface area contributed by atoms with Gasteiger partial charge in [0, 0.05) is 16.8 Å². The molecule has 0 amide bonds. The SMILES string of the molecule is C=C(c1ccc(N=C(C)C)c(C)n1)c1c(C)nc(N)nc1C. The lowest BCUT2D eigenvalue weighted by atomic mass is 10.0. The van der Waals surface area contributed by atoms with Crippen molar-refractivity contribution < 1.29 is 0 Å². The third kappa shape index (κ3) is 3.19. The van der Waals surface area contributed by atoms with E-state index < -0.39 is 0 Å². The Morgan fingerprint density at radius 2 is 1.59 bits per heavy atom. The fourth-order valence-electron chi connectivity index (χ4n) is 2.39. The Labute approximate surface area is 131 Å². The van der Waals surface area contributed by atoms with Gasteiger partial charge in [-0.3, -0.25) is 9.98 Å². The highest BCUT2D eigenvalue weighted by atomic mass is 15.0. The lowest BCUT2D eigenvalue weighted by Gasteiger charge is -2.12. The van der Waals surface area contributed by atoms with Gasteiger partial charge in [0.2, 0.25) is 5.95 Å². The van der Waals surface area contributed by atoms with Crippen molar-refractivity contribution in [2.75, 3.05) is 5.73 Å². The summed E-state index contributed by atoms with van der Waals surface area (Å²) in [6, 6.07) is 3.88. The molecule has 2 N–H and O–H groups in total. The first-order chi connectivity index (χ1) is 10.3. The number of aromatic nitrogens is 3. The Morgan fingerprint density at radius 1 is 1.00 bits per heavy atom. The van der Waals surface area contributed by atoms with Crippen LogP contribution in [0.4, 0.5) is 11.6 Å². The molecule has 0 fully saturated rings. The summed E-state index contributed by atoms with van der Waals surface area (Å²) in [5.41, 5.74) is 12.5. The Balaban J connectivity index is 2.47. The lowest BCUT2D eigenvalue weighted by Crippen LogP contribution is -2.05. The summed E-state index contributed by atoms with van der Waals surface area (Å²) in [6.07, 6.45) is 0. The van der Waals surface area contributed by atoms with Crippen molar-refractivity contribution >= 4 is 22.9 Å². The normalized spacial score (nSPS) is 10.4.